The lowest BCUT2D eigenvalue weighted by Gasteiger charge is -2.18. The van der Waals surface area contributed by atoms with Gasteiger partial charge in [0, 0.05) is 13.7 Å². The topological polar surface area (TPSA) is 61.7 Å². The molecule has 2 atom stereocenters. The van der Waals surface area contributed by atoms with Crippen molar-refractivity contribution >= 4 is 0 Å². The molecule has 1 aromatic carbocycles. The molecule has 1 rings (SSSR count). The number of methoxy groups -OCH3 is 1. The molecule has 5 heteroatoms. The van der Waals surface area contributed by atoms with Crippen molar-refractivity contribution in [3.05, 3.63) is 35.6 Å². The Morgan fingerprint density at radius 1 is 1.35 bits per heavy atom. The van der Waals surface area contributed by atoms with E-state index in [2.05, 4.69) is 5.32 Å². The first-order chi connectivity index (χ1) is 8.17. The minimum Gasteiger partial charge on any atom is -0.395 e. The first-order valence-corrected chi connectivity index (χ1v) is 5.44. The molecule has 1 aromatic rings. The molecule has 0 aliphatic heterocycles. The Balaban J connectivity index is 2.43. The van der Waals surface area contributed by atoms with Gasteiger partial charge in [-0.1, -0.05) is 12.1 Å². The lowest BCUT2D eigenvalue weighted by molar-refractivity contribution is 0.111. The van der Waals surface area contributed by atoms with Gasteiger partial charge in [-0.2, -0.15) is 0 Å². The van der Waals surface area contributed by atoms with Crippen LogP contribution in [0.15, 0.2) is 24.3 Å². The summed E-state index contributed by atoms with van der Waals surface area (Å²) in [6, 6.07) is 5.46. The zero-order valence-corrected chi connectivity index (χ0v) is 9.77. The second-order valence-corrected chi connectivity index (χ2v) is 3.81. The van der Waals surface area contributed by atoms with Crippen LogP contribution < -0.4 is 5.32 Å². The number of ether oxygens (including phenoxy) is 1. The SMILES string of the molecule is COCC(CO)NCC(O)c1ccc(F)cc1. The Morgan fingerprint density at radius 2 is 2.00 bits per heavy atom. The quantitative estimate of drug-likeness (QED) is 0.651. The molecule has 96 valence electrons. The highest BCUT2D eigenvalue weighted by molar-refractivity contribution is 5.18. The van der Waals surface area contributed by atoms with E-state index in [1.165, 1.54) is 24.3 Å². The van der Waals surface area contributed by atoms with Crippen LogP contribution in [0.5, 0.6) is 0 Å². The Hall–Kier alpha value is -1.01. The maximum absolute atomic E-state index is 12.7. The second kappa shape index (κ2) is 7.34. The predicted octanol–water partition coefficient (Wildman–Crippen LogP) is 0.456. The van der Waals surface area contributed by atoms with Gasteiger partial charge in [0.2, 0.25) is 0 Å². The number of benzene rings is 1. The lowest BCUT2D eigenvalue weighted by atomic mass is 10.1. The van der Waals surface area contributed by atoms with E-state index in [1.54, 1.807) is 7.11 Å². The average molecular weight is 243 g/mol. The van der Waals surface area contributed by atoms with Gasteiger partial charge in [0.1, 0.15) is 5.82 Å². The van der Waals surface area contributed by atoms with Gasteiger partial charge in [-0.3, -0.25) is 0 Å². The molecule has 0 fully saturated rings. The van der Waals surface area contributed by atoms with Crippen molar-refractivity contribution in [2.45, 2.75) is 12.1 Å². The molecule has 2 unspecified atom stereocenters. The number of halogens is 1. The maximum atomic E-state index is 12.7. The van der Waals surface area contributed by atoms with Crippen LogP contribution in [0.2, 0.25) is 0 Å². The van der Waals surface area contributed by atoms with Crippen LogP contribution in [0.3, 0.4) is 0 Å². The Labute approximate surface area is 100 Å². The fourth-order valence-corrected chi connectivity index (χ4v) is 1.46. The van der Waals surface area contributed by atoms with Gasteiger partial charge in [0.05, 0.1) is 25.4 Å². The standard InChI is InChI=1S/C12H18FNO3/c1-17-8-11(7-15)14-6-12(16)9-2-4-10(13)5-3-9/h2-5,11-12,14-16H,6-8H2,1H3. The van der Waals surface area contributed by atoms with E-state index >= 15 is 0 Å². The highest BCUT2D eigenvalue weighted by atomic mass is 19.1. The molecule has 4 nitrogen and oxygen atoms in total. The van der Waals surface area contributed by atoms with Gasteiger partial charge in [-0.15, -0.1) is 0 Å². The van der Waals surface area contributed by atoms with Crippen LogP contribution in [0.1, 0.15) is 11.7 Å². The zero-order chi connectivity index (χ0) is 12.7. The molecule has 0 amide bonds. The summed E-state index contributed by atoms with van der Waals surface area (Å²) in [6.07, 6.45) is -0.735. The van der Waals surface area contributed by atoms with Gasteiger partial charge >= 0.3 is 0 Å². The molecule has 3 N–H and O–H groups in total. The van der Waals surface area contributed by atoms with Crippen molar-refractivity contribution in [3.63, 3.8) is 0 Å². The van der Waals surface area contributed by atoms with E-state index in [0.29, 0.717) is 12.2 Å². The maximum Gasteiger partial charge on any atom is 0.123 e. The van der Waals surface area contributed by atoms with E-state index in [9.17, 15) is 9.50 Å². The molecule has 0 aromatic heterocycles. The van der Waals surface area contributed by atoms with Crippen molar-refractivity contribution in [2.24, 2.45) is 0 Å². The normalized spacial score (nSPS) is 14.6. The van der Waals surface area contributed by atoms with Crippen molar-refractivity contribution in [1.82, 2.24) is 5.32 Å². The van der Waals surface area contributed by atoms with Gasteiger partial charge in [-0.25, -0.2) is 4.39 Å². The number of nitrogens with one attached hydrogen (secondary N) is 1. The Morgan fingerprint density at radius 3 is 2.53 bits per heavy atom. The van der Waals surface area contributed by atoms with Gasteiger partial charge in [0.25, 0.3) is 0 Å². The lowest BCUT2D eigenvalue weighted by Crippen LogP contribution is -2.38. The monoisotopic (exact) mass is 243 g/mol. The van der Waals surface area contributed by atoms with Gasteiger partial charge < -0.3 is 20.3 Å². The van der Waals surface area contributed by atoms with Crippen LogP contribution in [0, 0.1) is 5.82 Å². The summed E-state index contributed by atoms with van der Waals surface area (Å²) in [5.41, 5.74) is 0.632. The number of hydrogen-bond acceptors (Lipinski definition) is 4. The van der Waals surface area contributed by atoms with Crippen molar-refractivity contribution in [3.8, 4) is 0 Å². The first-order valence-electron chi connectivity index (χ1n) is 5.44. The number of aliphatic hydroxyl groups is 2. The number of aliphatic hydroxyl groups excluding tert-OH is 2. The number of rotatable bonds is 7. The third-order valence-electron chi connectivity index (χ3n) is 2.44. The van der Waals surface area contributed by atoms with E-state index in [-0.39, 0.29) is 25.0 Å². The van der Waals surface area contributed by atoms with Crippen molar-refractivity contribution in [2.75, 3.05) is 26.9 Å². The third-order valence-corrected chi connectivity index (χ3v) is 2.44. The van der Waals surface area contributed by atoms with Crippen LogP contribution in [0.4, 0.5) is 4.39 Å². The van der Waals surface area contributed by atoms with Gasteiger partial charge in [-0.05, 0) is 17.7 Å². The van der Waals surface area contributed by atoms with Crippen LogP contribution in [-0.4, -0.2) is 43.1 Å². The largest absolute Gasteiger partial charge is 0.395 e. The summed E-state index contributed by atoms with van der Waals surface area (Å²) in [5.74, 6) is -0.332. The molecular weight excluding hydrogens is 225 g/mol. The fourth-order valence-electron chi connectivity index (χ4n) is 1.46. The zero-order valence-electron chi connectivity index (χ0n) is 9.77. The minimum atomic E-state index is -0.735. The average Bonchev–Trinajstić information content (AvgIpc) is 2.35. The summed E-state index contributed by atoms with van der Waals surface area (Å²) >= 11 is 0. The summed E-state index contributed by atoms with van der Waals surface area (Å²) < 4.78 is 17.6. The molecule has 0 saturated heterocycles. The third kappa shape index (κ3) is 4.79. The minimum absolute atomic E-state index is 0.0655. The molecule has 0 saturated carbocycles. The summed E-state index contributed by atoms with van der Waals surface area (Å²) in [7, 11) is 1.54. The van der Waals surface area contributed by atoms with Crippen LogP contribution in [-0.2, 0) is 4.74 Å². The summed E-state index contributed by atoms with van der Waals surface area (Å²) in [4.78, 5) is 0. The molecule has 17 heavy (non-hydrogen) atoms. The molecule has 0 spiro atoms. The molecule has 0 aliphatic rings. The van der Waals surface area contributed by atoms with Crippen molar-refractivity contribution < 1.29 is 19.3 Å². The highest BCUT2D eigenvalue weighted by Crippen LogP contribution is 2.12. The molecule has 0 radical (unpaired) electrons. The smallest absolute Gasteiger partial charge is 0.123 e. The Kier molecular flexibility index (Phi) is 6.07. The van der Waals surface area contributed by atoms with Gasteiger partial charge in [0.15, 0.2) is 0 Å². The van der Waals surface area contributed by atoms with E-state index in [1.807, 2.05) is 0 Å². The summed E-state index contributed by atoms with van der Waals surface area (Å²) in [6.45, 7) is 0.580. The van der Waals surface area contributed by atoms with Crippen LogP contribution in [0.25, 0.3) is 0 Å². The number of hydrogen-bond donors (Lipinski definition) is 3. The summed E-state index contributed by atoms with van der Waals surface area (Å²) in [5, 5.41) is 21.8. The van der Waals surface area contributed by atoms with Crippen molar-refractivity contribution in [1.29, 1.82) is 0 Å². The highest BCUT2D eigenvalue weighted by Gasteiger charge is 2.11. The Bertz CT molecular complexity index is 318. The molecule has 0 bridgehead atoms. The molecular formula is C12H18FNO3. The molecule has 0 heterocycles. The van der Waals surface area contributed by atoms with Crippen LogP contribution >= 0.6 is 0 Å². The second-order valence-electron chi connectivity index (χ2n) is 3.81. The van der Waals surface area contributed by atoms with E-state index in [4.69, 9.17) is 9.84 Å². The predicted molar refractivity (Wildman–Crippen MR) is 62.1 cm³/mol. The van der Waals surface area contributed by atoms with E-state index in [0.717, 1.165) is 0 Å². The fraction of sp³-hybridized carbons (Fsp3) is 0.500. The first kappa shape index (κ1) is 14.1. The molecule has 0 aliphatic carbocycles. The van der Waals surface area contributed by atoms with E-state index < -0.39 is 6.10 Å².